The zero-order valence-electron chi connectivity index (χ0n) is 7.80. The van der Waals surface area contributed by atoms with Gasteiger partial charge in [-0.05, 0) is 0 Å². The predicted octanol–water partition coefficient (Wildman–Crippen LogP) is -5.00. The molecule has 0 atom stereocenters. The van der Waals surface area contributed by atoms with E-state index in [1.807, 2.05) is 14.1 Å². The van der Waals surface area contributed by atoms with Crippen LogP contribution in [0.3, 0.4) is 0 Å². The van der Waals surface area contributed by atoms with Crippen molar-refractivity contribution in [1.29, 1.82) is 0 Å². The Kier molecular flexibility index (Phi) is 23.1. The molecule has 40 valence electrons. The first kappa shape index (κ1) is 17.6. The summed E-state index contributed by atoms with van der Waals surface area (Å²) in [6.07, 6.45) is 0. The molecule has 0 aliphatic rings. The minimum Gasteiger partial charge on any atom is -1.00 e. The molecule has 0 unspecified atom stereocenters. The van der Waals surface area contributed by atoms with Crippen LogP contribution < -0.4 is 103 Å². The topological polar surface area (TPSA) is 3.24 Å². The maximum absolute atomic E-state index is 4.61. The molecule has 0 aliphatic heterocycles. The molecule has 0 heterocycles. The molecule has 0 aromatic rings. The summed E-state index contributed by atoms with van der Waals surface area (Å²) in [5, 5.41) is 0. The van der Waals surface area contributed by atoms with Gasteiger partial charge < -0.3 is 7.75 Å². The summed E-state index contributed by atoms with van der Waals surface area (Å²) in [7, 11) is 3.71. The van der Waals surface area contributed by atoms with E-state index >= 15 is 0 Å². The third kappa shape index (κ3) is 12.2. The van der Waals surface area contributed by atoms with Crippen LogP contribution in [0.4, 0.5) is 0 Å². The van der Waals surface area contributed by atoms with E-state index in [0.717, 1.165) is 0 Å². The van der Waals surface area contributed by atoms with Crippen molar-refractivity contribution in [1.82, 2.24) is 4.90 Å². The smallest absolute Gasteiger partial charge is 1.00 e. The average molecular weight is 201 g/mol. The van der Waals surface area contributed by atoms with Gasteiger partial charge in [0.2, 0.25) is 0 Å². The number of thiocarbonyl (C=S) groups is 1. The number of thiol groups is 1. The summed E-state index contributed by atoms with van der Waals surface area (Å²) in [6, 6.07) is 0. The second kappa shape index (κ2) is 10.5. The number of rotatable bonds is 0. The zero-order valence-corrected chi connectivity index (χ0v) is 13.8. The van der Waals surface area contributed by atoms with Crippen molar-refractivity contribution in [2.75, 3.05) is 14.1 Å². The molecule has 0 rings (SSSR count). The number of hydrogen-bond donors (Lipinski definition) is 1. The second-order valence-corrected chi connectivity index (χ2v) is 2.29. The Morgan fingerprint density at radius 3 is 1.62 bits per heavy atom. The molecular weight excluding hydrogens is 192 g/mol. The van der Waals surface area contributed by atoms with E-state index in [4.69, 9.17) is 0 Å². The Bertz CT molecular complexity index is 73.5. The van der Waals surface area contributed by atoms with Crippen LogP contribution >= 0.6 is 24.8 Å². The van der Waals surface area contributed by atoms with Gasteiger partial charge in [0.1, 0.15) is 4.32 Å². The fourth-order valence-corrected chi connectivity index (χ4v) is 0. The van der Waals surface area contributed by atoms with Crippen LogP contribution in [0, 0.1) is 0 Å². The van der Waals surface area contributed by atoms with Gasteiger partial charge in [-0.1, -0.05) is 12.2 Å². The molecule has 0 saturated heterocycles. The standard InChI is InChI=1S/C3H7NS2.2K.2H/c1-4(2)3(5)6;;;;/h1-2H3,(H,5,6);;;;/q;2*+1;2*-1. The van der Waals surface area contributed by atoms with E-state index in [0.29, 0.717) is 4.32 Å². The minimum absolute atomic E-state index is 0. The quantitative estimate of drug-likeness (QED) is 0.238. The second-order valence-electron chi connectivity index (χ2n) is 1.18. The largest absolute Gasteiger partial charge is 1.00 e. The maximum Gasteiger partial charge on any atom is 1.00 e. The van der Waals surface area contributed by atoms with Crippen molar-refractivity contribution in [3.05, 3.63) is 0 Å². The summed E-state index contributed by atoms with van der Waals surface area (Å²) < 4.78 is 0.620. The molecule has 0 saturated carbocycles. The minimum atomic E-state index is 0. The molecule has 0 radical (unpaired) electrons. The van der Waals surface area contributed by atoms with Gasteiger partial charge in [-0.15, -0.1) is 12.6 Å². The third-order valence-corrected chi connectivity index (χ3v) is 1.15. The van der Waals surface area contributed by atoms with Crippen LogP contribution in [0.25, 0.3) is 0 Å². The maximum atomic E-state index is 4.61. The summed E-state index contributed by atoms with van der Waals surface area (Å²) in [5.74, 6) is 0. The summed E-state index contributed by atoms with van der Waals surface area (Å²) in [4.78, 5) is 1.76. The predicted molar refractivity (Wildman–Crippen MR) is 37.5 cm³/mol. The van der Waals surface area contributed by atoms with Crippen LogP contribution in [0.15, 0.2) is 0 Å². The monoisotopic (exact) mass is 201 g/mol. The zero-order chi connectivity index (χ0) is 5.15. The van der Waals surface area contributed by atoms with Crippen molar-refractivity contribution in [3.63, 3.8) is 0 Å². The van der Waals surface area contributed by atoms with Crippen LogP contribution in [0.2, 0.25) is 0 Å². The first-order valence-corrected chi connectivity index (χ1v) is 2.40. The van der Waals surface area contributed by atoms with Gasteiger partial charge in [0.25, 0.3) is 0 Å². The number of hydrogen-bond acceptors (Lipinski definition) is 1. The first-order chi connectivity index (χ1) is 2.64. The summed E-state index contributed by atoms with van der Waals surface area (Å²) in [6.45, 7) is 0. The van der Waals surface area contributed by atoms with Gasteiger partial charge in [0.05, 0.1) is 0 Å². The average Bonchev–Trinajstić information content (AvgIpc) is 1.36. The van der Waals surface area contributed by atoms with Crippen LogP contribution in [0.1, 0.15) is 2.85 Å². The van der Waals surface area contributed by atoms with E-state index in [1.54, 1.807) is 4.90 Å². The molecule has 0 N–H and O–H groups in total. The molecule has 1 nitrogen and oxygen atoms in total. The van der Waals surface area contributed by atoms with Crippen molar-refractivity contribution in [2.24, 2.45) is 0 Å². The van der Waals surface area contributed by atoms with Gasteiger partial charge in [0.15, 0.2) is 0 Å². The van der Waals surface area contributed by atoms with E-state index in [2.05, 4.69) is 24.8 Å². The van der Waals surface area contributed by atoms with Crippen molar-refractivity contribution in [2.45, 2.75) is 0 Å². The Labute approximate surface area is 150 Å². The van der Waals surface area contributed by atoms with E-state index < -0.39 is 0 Å². The Balaban J connectivity index is -0.0000000208. The van der Waals surface area contributed by atoms with Crippen LogP contribution in [-0.2, 0) is 0 Å². The Morgan fingerprint density at radius 2 is 1.62 bits per heavy atom. The molecule has 0 aromatic carbocycles. The molecule has 0 spiro atoms. The van der Waals surface area contributed by atoms with Gasteiger partial charge in [0, 0.05) is 14.1 Å². The fourth-order valence-electron chi connectivity index (χ4n) is 0. The molecule has 0 aliphatic carbocycles. The molecule has 5 heteroatoms. The van der Waals surface area contributed by atoms with Gasteiger partial charge >= 0.3 is 103 Å². The SMILES string of the molecule is CN(C)C(=S)S.[H-].[H-].[K+].[K+]. The van der Waals surface area contributed by atoms with Crippen molar-refractivity contribution >= 4 is 29.2 Å². The summed E-state index contributed by atoms with van der Waals surface area (Å²) >= 11 is 8.46. The van der Waals surface area contributed by atoms with E-state index in [9.17, 15) is 0 Å². The molecule has 0 amide bonds. The van der Waals surface area contributed by atoms with E-state index in [-0.39, 0.29) is 106 Å². The normalized spacial score (nSPS) is 5.88. The number of nitrogens with zero attached hydrogens (tertiary/aromatic N) is 1. The Hall–Kier alpha value is 3.51. The first-order valence-electron chi connectivity index (χ1n) is 1.55. The van der Waals surface area contributed by atoms with Crippen LogP contribution in [0.5, 0.6) is 0 Å². The van der Waals surface area contributed by atoms with E-state index in [1.165, 1.54) is 0 Å². The summed E-state index contributed by atoms with van der Waals surface area (Å²) in [5.41, 5.74) is 0. The van der Waals surface area contributed by atoms with Crippen LogP contribution in [-0.4, -0.2) is 23.3 Å². The third-order valence-electron chi connectivity index (χ3n) is 0.383. The van der Waals surface area contributed by atoms with Gasteiger partial charge in [-0.2, -0.15) is 0 Å². The Morgan fingerprint density at radius 1 is 1.50 bits per heavy atom. The van der Waals surface area contributed by atoms with Crippen molar-refractivity contribution in [3.8, 4) is 0 Å². The fraction of sp³-hybridized carbons (Fsp3) is 0.667. The van der Waals surface area contributed by atoms with Crippen molar-refractivity contribution < 1.29 is 106 Å². The molecular formula is C3H9K2NS2. The van der Waals surface area contributed by atoms with Gasteiger partial charge in [-0.25, -0.2) is 0 Å². The molecule has 8 heavy (non-hydrogen) atoms. The molecule has 0 aromatic heterocycles. The molecule has 0 fully saturated rings. The molecule has 0 bridgehead atoms. The van der Waals surface area contributed by atoms with Gasteiger partial charge in [-0.3, -0.25) is 0 Å².